The van der Waals surface area contributed by atoms with Gasteiger partial charge in [-0.05, 0) is 22.6 Å². The number of hydrogen-bond donors (Lipinski definition) is 1. The van der Waals surface area contributed by atoms with E-state index in [-0.39, 0.29) is 5.41 Å². The molecule has 2 heteroatoms. The van der Waals surface area contributed by atoms with Crippen LogP contribution in [0, 0.1) is 0 Å². The molecule has 2 aromatic rings. The molecule has 2 nitrogen and oxygen atoms in total. The highest BCUT2D eigenvalue weighted by molar-refractivity contribution is 5.41. The first-order valence-corrected chi connectivity index (χ1v) is 6.85. The zero-order valence-electron chi connectivity index (χ0n) is 12.6. The van der Waals surface area contributed by atoms with E-state index in [2.05, 4.69) is 32.9 Å². The van der Waals surface area contributed by atoms with Crippen molar-refractivity contribution in [3.05, 3.63) is 65.2 Å². The maximum Gasteiger partial charge on any atom is 0.125 e. The second-order valence-corrected chi connectivity index (χ2v) is 6.02. The third-order valence-corrected chi connectivity index (χ3v) is 3.53. The van der Waals surface area contributed by atoms with Crippen LogP contribution in [0.2, 0.25) is 0 Å². The van der Waals surface area contributed by atoms with Gasteiger partial charge in [0.25, 0.3) is 0 Å². The third-order valence-electron chi connectivity index (χ3n) is 3.53. The number of methoxy groups -OCH3 is 1. The molecule has 0 aliphatic carbocycles. The molecule has 0 aliphatic heterocycles. The van der Waals surface area contributed by atoms with Crippen molar-refractivity contribution in [2.24, 2.45) is 0 Å². The van der Waals surface area contributed by atoms with Gasteiger partial charge in [-0.25, -0.2) is 0 Å². The predicted octanol–water partition coefficient (Wildman–Crippen LogP) is 4.07. The van der Waals surface area contributed by atoms with E-state index in [1.54, 1.807) is 7.11 Å². The molecule has 1 atom stereocenters. The lowest BCUT2D eigenvalue weighted by atomic mass is 9.86. The third kappa shape index (κ3) is 3.02. The van der Waals surface area contributed by atoms with Crippen molar-refractivity contribution in [1.82, 2.24) is 0 Å². The standard InChI is InChI=1S/C18H22O2/c1-18(2,3)14-11-9-13(10-12-14)17(19)15-7-5-6-8-16(15)20-4/h5-12,17,19H,1-4H3. The van der Waals surface area contributed by atoms with Crippen LogP contribution in [-0.4, -0.2) is 12.2 Å². The average molecular weight is 270 g/mol. The van der Waals surface area contributed by atoms with E-state index in [0.29, 0.717) is 5.75 Å². The molecule has 0 saturated heterocycles. The van der Waals surface area contributed by atoms with Gasteiger partial charge in [-0.1, -0.05) is 63.2 Å². The largest absolute Gasteiger partial charge is 0.496 e. The maximum atomic E-state index is 10.5. The molecule has 0 aromatic heterocycles. The quantitative estimate of drug-likeness (QED) is 0.910. The lowest BCUT2D eigenvalue weighted by molar-refractivity contribution is 0.214. The fourth-order valence-electron chi connectivity index (χ4n) is 2.24. The molecular weight excluding hydrogens is 248 g/mol. The van der Waals surface area contributed by atoms with Gasteiger partial charge >= 0.3 is 0 Å². The first-order valence-electron chi connectivity index (χ1n) is 6.85. The van der Waals surface area contributed by atoms with E-state index < -0.39 is 6.10 Å². The molecule has 0 bridgehead atoms. The highest BCUT2D eigenvalue weighted by Gasteiger charge is 2.17. The van der Waals surface area contributed by atoms with Crippen LogP contribution >= 0.6 is 0 Å². The molecule has 106 valence electrons. The molecule has 0 amide bonds. The SMILES string of the molecule is COc1ccccc1C(O)c1ccc(C(C)(C)C)cc1. The lowest BCUT2D eigenvalue weighted by Crippen LogP contribution is -2.11. The van der Waals surface area contributed by atoms with Crippen LogP contribution in [0.3, 0.4) is 0 Å². The minimum absolute atomic E-state index is 0.119. The average Bonchev–Trinajstić information content (AvgIpc) is 2.45. The minimum atomic E-state index is -0.667. The smallest absolute Gasteiger partial charge is 0.125 e. The zero-order chi connectivity index (χ0) is 14.8. The van der Waals surface area contributed by atoms with Crippen molar-refractivity contribution in [2.45, 2.75) is 32.3 Å². The summed E-state index contributed by atoms with van der Waals surface area (Å²) in [5, 5.41) is 10.5. The van der Waals surface area contributed by atoms with Crippen LogP contribution in [0.25, 0.3) is 0 Å². The van der Waals surface area contributed by atoms with E-state index >= 15 is 0 Å². The summed E-state index contributed by atoms with van der Waals surface area (Å²) in [6.07, 6.45) is -0.667. The van der Waals surface area contributed by atoms with Gasteiger partial charge in [0.05, 0.1) is 7.11 Å². The van der Waals surface area contributed by atoms with Crippen LogP contribution in [0.1, 0.15) is 43.6 Å². The van der Waals surface area contributed by atoms with Crippen LogP contribution in [0.15, 0.2) is 48.5 Å². The highest BCUT2D eigenvalue weighted by atomic mass is 16.5. The molecule has 1 unspecified atom stereocenters. The highest BCUT2D eigenvalue weighted by Crippen LogP contribution is 2.31. The van der Waals surface area contributed by atoms with Gasteiger partial charge in [0.15, 0.2) is 0 Å². The van der Waals surface area contributed by atoms with Crippen molar-refractivity contribution in [3.8, 4) is 5.75 Å². The molecule has 1 N–H and O–H groups in total. The van der Waals surface area contributed by atoms with Gasteiger partial charge in [0.2, 0.25) is 0 Å². The Bertz CT molecular complexity index is 565. The summed E-state index contributed by atoms with van der Waals surface area (Å²) in [4.78, 5) is 0. The second-order valence-electron chi connectivity index (χ2n) is 6.02. The fourth-order valence-corrected chi connectivity index (χ4v) is 2.24. The van der Waals surface area contributed by atoms with Crippen LogP contribution < -0.4 is 4.74 Å². The van der Waals surface area contributed by atoms with Gasteiger partial charge in [-0.3, -0.25) is 0 Å². The molecular formula is C18H22O2. The van der Waals surface area contributed by atoms with Crippen molar-refractivity contribution in [2.75, 3.05) is 7.11 Å². The Balaban J connectivity index is 2.32. The number of rotatable bonds is 3. The molecule has 0 heterocycles. The van der Waals surface area contributed by atoms with E-state index in [0.717, 1.165) is 11.1 Å². The molecule has 0 fully saturated rings. The number of hydrogen-bond acceptors (Lipinski definition) is 2. The summed E-state index contributed by atoms with van der Waals surface area (Å²) in [6.45, 7) is 6.54. The number of ether oxygens (including phenoxy) is 1. The molecule has 2 rings (SSSR count). The first kappa shape index (κ1) is 14.6. The van der Waals surface area contributed by atoms with Crippen molar-refractivity contribution >= 4 is 0 Å². The van der Waals surface area contributed by atoms with Gasteiger partial charge in [-0.2, -0.15) is 0 Å². The maximum absolute atomic E-state index is 10.5. The van der Waals surface area contributed by atoms with Crippen molar-refractivity contribution in [3.63, 3.8) is 0 Å². The van der Waals surface area contributed by atoms with E-state index in [4.69, 9.17) is 4.74 Å². The Hall–Kier alpha value is -1.80. The Labute approximate surface area is 121 Å². The number of aliphatic hydroxyl groups excluding tert-OH is 1. The van der Waals surface area contributed by atoms with Crippen LogP contribution in [0.5, 0.6) is 5.75 Å². The number of aliphatic hydroxyl groups is 1. The normalized spacial score (nSPS) is 13.1. The molecule has 0 saturated carbocycles. The Morgan fingerprint density at radius 2 is 1.55 bits per heavy atom. The zero-order valence-corrected chi connectivity index (χ0v) is 12.6. The summed E-state index contributed by atoms with van der Waals surface area (Å²) in [5.74, 6) is 0.708. The van der Waals surface area contributed by atoms with Crippen LogP contribution in [0.4, 0.5) is 0 Å². The monoisotopic (exact) mass is 270 g/mol. The van der Waals surface area contributed by atoms with Gasteiger partial charge in [0, 0.05) is 5.56 Å². The van der Waals surface area contributed by atoms with E-state index in [9.17, 15) is 5.11 Å². The summed E-state index contributed by atoms with van der Waals surface area (Å²) in [7, 11) is 1.62. The minimum Gasteiger partial charge on any atom is -0.496 e. The Morgan fingerprint density at radius 1 is 0.950 bits per heavy atom. The fraction of sp³-hybridized carbons (Fsp3) is 0.333. The molecule has 20 heavy (non-hydrogen) atoms. The first-order chi connectivity index (χ1) is 9.43. The Kier molecular flexibility index (Phi) is 4.15. The summed E-state index contributed by atoms with van der Waals surface area (Å²) in [5.41, 5.74) is 3.04. The molecule has 0 radical (unpaired) electrons. The summed E-state index contributed by atoms with van der Waals surface area (Å²) in [6, 6.07) is 15.7. The second kappa shape index (κ2) is 5.68. The van der Waals surface area contributed by atoms with Crippen molar-refractivity contribution < 1.29 is 9.84 Å². The topological polar surface area (TPSA) is 29.5 Å². The van der Waals surface area contributed by atoms with E-state index in [1.165, 1.54) is 5.56 Å². The van der Waals surface area contributed by atoms with Crippen molar-refractivity contribution in [1.29, 1.82) is 0 Å². The Morgan fingerprint density at radius 3 is 2.10 bits per heavy atom. The van der Waals surface area contributed by atoms with Crippen LogP contribution in [-0.2, 0) is 5.41 Å². The van der Waals surface area contributed by atoms with E-state index in [1.807, 2.05) is 36.4 Å². The molecule has 0 aliphatic rings. The number of para-hydroxylation sites is 1. The molecule has 0 spiro atoms. The van der Waals surface area contributed by atoms with Gasteiger partial charge < -0.3 is 9.84 Å². The summed E-state index contributed by atoms with van der Waals surface area (Å²) < 4.78 is 5.31. The molecule has 2 aromatic carbocycles. The summed E-state index contributed by atoms with van der Waals surface area (Å²) >= 11 is 0. The predicted molar refractivity (Wildman–Crippen MR) is 82.2 cm³/mol. The van der Waals surface area contributed by atoms with Gasteiger partial charge in [0.1, 0.15) is 11.9 Å². The lowest BCUT2D eigenvalue weighted by Gasteiger charge is -2.20. The number of benzene rings is 2. The van der Waals surface area contributed by atoms with Gasteiger partial charge in [-0.15, -0.1) is 0 Å².